The van der Waals surface area contributed by atoms with Crippen LogP contribution in [0.1, 0.15) is 12.0 Å². The molecule has 4 rings (SSSR count). The molecule has 112 valence electrons. The molecule has 0 heterocycles. The third-order valence-electron chi connectivity index (χ3n) is 3.68. The molecule has 0 bridgehead atoms. The maximum Gasteiger partial charge on any atom is 2.00 e. The van der Waals surface area contributed by atoms with Gasteiger partial charge in [0, 0.05) is 0 Å². The van der Waals surface area contributed by atoms with Gasteiger partial charge < -0.3 is 0 Å². The van der Waals surface area contributed by atoms with Gasteiger partial charge in [0.1, 0.15) is 0 Å². The first-order chi connectivity index (χ1) is 10.8. The third-order valence-corrected chi connectivity index (χ3v) is 5.22. The van der Waals surface area contributed by atoms with Gasteiger partial charge >= 0.3 is 26.2 Å². The standard InChI is InChI=1S/C16H14P.C5H5.Zr/c1-12-6-2-5-9-15(12)17-16-11-10-13-7-3-4-8-14(13)16;1-2-4-5-3-1;/h2-11,17H,1H3;1-3H,4H2;/q2*-1;+2. The fourth-order valence-electron chi connectivity index (χ4n) is 2.46. The van der Waals surface area contributed by atoms with Crippen molar-refractivity contribution < 1.29 is 26.2 Å². The molecule has 3 aromatic rings. The SMILES string of the molecule is Cc1ccccc1P[c-]1ccc2ccccc21.[C-]1=CC=CC1.[Zr+2]. The smallest absolute Gasteiger partial charge is 0.273 e. The van der Waals surface area contributed by atoms with E-state index in [1.165, 1.54) is 26.9 Å². The fourth-order valence-corrected chi connectivity index (χ4v) is 3.74. The van der Waals surface area contributed by atoms with Crippen molar-refractivity contribution in [2.75, 3.05) is 0 Å². The van der Waals surface area contributed by atoms with Crippen molar-refractivity contribution in [3.8, 4) is 0 Å². The second kappa shape index (κ2) is 9.21. The van der Waals surface area contributed by atoms with E-state index in [9.17, 15) is 0 Å². The molecule has 0 aromatic heterocycles. The molecule has 1 aliphatic rings. The van der Waals surface area contributed by atoms with Gasteiger partial charge in [-0.2, -0.15) is 12.1 Å². The molecule has 0 spiro atoms. The Bertz CT molecular complexity index is 801. The Balaban J connectivity index is 0.000000276. The zero-order valence-electron chi connectivity index (χ0n) is 13.2. The van der Waals surface area contributed by atoms with E-state index in [1.54, 1.807) is 0 Å². The van der Waals surface area contributed by atoms with Crippen LogP contribution in [0.25, 0.3) is 10.8 Å². The Morgan fingerprint density at radius 1 is 1.00 bits per heavy atom. The summed E-state index contributed by atoms with van der Waals surface area (Å²) in [5.41, 5.74) is 1.39. The van der Waals surface area contributed by atoms with Crippen LogP contribution in [0, 0.1) is 13.0 Å². The summed E-state index contributed by atoms with van der Waals surface area (Å²) < 4.78 is 0. The maximum atomic E-state index is 2.99. The quantitative estimate of drug-likeness (QED) is 0.433. The Hall–Kier alpha value is -1.16. The minimum Gasteiger partial charge on any atom is -0.273 e. The van der Waals surface area contributed by atoms with Crippen LogP contribution in [0.3, 0.4) is 0 Å². The summed E-state index contributed by atoms with van der Waals surface area (Å²) >= 11 is 0. The summed E-state index contributed by atoms with van der Waals surface area (Å²) in [5, 5.41) is 5.65. The molecule has 1 aliphatic carbocycles. The average molecular weight is 394 g/mol. The first kappa shape index (κ1) is 18.2. The van der Waals surface area contributed by atoms with E-state index in [0.29, 0.717) is 0 Å². The van der Waals surface area contributed by atoms with Gasteiger partial charge in [-0.05, 0) is 17.8 Å². The van der Waals surface area contributed by atoms with E-state index in [2.05, 4.69) is 79.7 Å². The predicted molar refractivity (Wildman–Crippen MR) is 99.9 cm³/mol. The summed E-state index contributed by atoms with van der Waals surface area (Å²) in [6.07, 6.45) is 10.0. The Labute approximate surface area is 159 Å². The van der Waals surface area contributed by atoms with Gasteiger partial charge in [-0.25, -0.2) is 12.2 Å². The van der Waals surface area contributed by atoms with Crippen molar-refractivity contribution in [3.05, 3.63) is 90.5 Å². The van der Waals surface area contributed by atoms with Gasteiger partial charge in [0.25, 0.3) is 0 Å². The first-order valence-corrected chi connectivity index (χ1v) is 8.53. The summed E-state index contributed by atoms with van der Waals surface area (Å²) in [6, 6.07) is 21.7. The number of hydrogen-bond acceptors (Lipinski definition) is 0. The number of allylic oxidation sites excluding steroid dienone is 4. The monoisotopic (exact) mass is 392 g/mol. The van der Waals surface area contributed by atoms with Crippen molar-refractivity contribution in [1.29, 1.82) is 0 Å². The van der Waals surface area contributed by atoms with Gasteiger partial charge in [0.15, 0.2) is 0 Å². The van der Waals surface area contributed by atoms with E-state index in [4.69, 9.17) is 0 Å². The summed E-state index contributed by atoms with van der Waals surface area (Å²) in [5.74, 6) is 0. The van der Waals surface area contributed by atoms with Gasteiger partial charge in [0.05, 0.1) is 0 Å². The normalized spacial score (nSPS) is 12.4. The largest absolute Gasteiger partial charge is 2.00 e. The van der Waals surface area contributed by atoms with Gasteiger partial charge in [-0.3, -0.25) is 6.08 Å². The molecule has 0 aliphatic heterocycles. The van der Waals surface area contributed by atoms with Crippen LogP contribution >= 0.6 is 8.58 Å². The molecule has 0 fully saturated rings. The van der Waals surface area contributed by atoms with E-state index < -0.39 is 0 Å². The van der Waals surface area contributed by atoms with Gasteiger partial charge in [-0.15, -0.1) is 55.3 Å². The molecule has 23 heavy (non-hydrogen) atoms. The van der Waals surface area contributed by atoms with Crippen LogP contribution in [0.15, 0.2) is 78.9 Å². The molecule has 3 aromatic carbocycles. The van der Waals surface area contributed by atoms with Crippen molar-refractivity contribution in [2.24, 2.45) is 0 Å². The topological polar surface area (TPSA) is 0 Å². The minimum absolute atomic E-state index is 0. The molecule has 0 radical (unpaired) electrons. The minimum atomic E-state index is 0. The van der Waals surface area contributed by atoms with Crippen LogP contribution in [-0.4, -0.2) is 0 Å². The molecular weight excluding hydrogens is 374 g/mol. The molecule has 0 saturated carbocycles. The Morgan fingerprint density at radius 3 is 2.48 bits per heavy atom. The van der Waals surface area contributed by atoms with Crippen molar-refractivity contribution in [2.45, 2.75) is 13.3 Å². The number of fused-ring (bicyclic) bond motifs is 1. The zero-order chi connectivity index (χ0) is 15.2. The zero-order valence-corrected chi connectivity index (χ0v) is 16.7. The van der Waals surface area contributed by atoms with E-state index in [0.717, 1.165) is 15.0 Å². The maximum absolute atomic E-state index is 2.99. The van der Waals surface area contributed by atoms with E-state index in [1.807, 2.05) is 12.2 Å². The van der Waals surface area contributed by atoms with Crippen molar-refractivity contribution in [3.63, 3.8) is 0 Å². The van der Waals surface area contributed by atoms with Crippen molar-refractivity contribution >= 4 is 30.0 Å². The fraction of sp³-hybridized carbons (Fsp3) is 0.0952. The number of rotatable bonds is 2. The van der Waals surface area contributed by atoms with Crippen LogP contribution in [0.2, 0.25) is 0 Å². The number of hydrogen-bond donors (Lipinski definition) is 0. The average Bonchev–Trinajstić information content (AvgIpc) is 3.23. The number of benzene rings is 2. The predicted octanol–water partition coefficient (Wildman–Crippen LogP) is 4.80. The van der Waals surface area contributed by atoms with Crippen LogP contribution < -0.4 is 10.6 Å². The molecule has 0 N–H and O–H groups in total. The number of aryl methyl sites for hydroxylation is 1. The van der Waals surface area contributed by atoms with Gasteiger partial charge in [0.2, 0.25) is 0 Å². The van der Waals surface area contributed by atoms with Crippen molar-refractivity contribution in [1.82, 2.24) is 0 Å². The second-order valence-electron chi connectivity index (χ2n) is 5.28. The Morgan fingerprint density at radius 2 is 1.78 bits per heavy atom. The summed E-state index contributed by atoms with van der Waals surface area (Å²) in [4.78, 5) is 0. The molecule has 1 atom stereocenters. The van der Waals surface area contributed by atoms with Gasteiger partial charge in [-0.1, -0.05) is 30.3 Å². The molecule has 0 nitrogen and oxygen atoms in total. The van der Waals surface area contributed by atoms with Crippen LogP contribution in [-0.2, 0) is 26.2 Å². The molecular formula is C21H19PZr. The summed E-state index contributed by atoms with van der Waals surface area (Å²) in [6.45, 7) is 2.19. The Kier molecular flexibility index (Phi) is 7.29. The summed E-state index contributed by atoms with van der Waals surface area (Å²) in [7, 11) is 0.754. The second-order valence-corrected chi connectivity index (χ2v) is 6.60. The third kappa shape index (κ3) is 4.91. The first-order valence-electron chi connectivity index (χ1n) is 7.53. The van der Waals surface area contributed by atoms with E-state index in [-0.39, 0.29) is 26.2 Å². The molecule has 1 unspecified atom stereocenters. The molecule has 0 amide bonds. The van der Waals surface area contributed by atoms with Crippen LogP contribution in [0.5, 0.6) is 0 Å². The van der Waals surface area contributed by atoms with E-state index >= 15 is 0 Å². The molecule has 2 heteroatoms. The molecule has 0 saturated heterocycles. The van der Waals surface area contributed by atoms with Crippen LogP contribution in [0.4, 0.5) is 0 Å².